The van der Waals surface area contributed by atoms with Crippen molar-refractivity contribution < 1.29 is 9.84 Å². The summed E-state index contributed by atoms with van der Waals surface area (Å²) in [5.74, 6) is 1.01. The maximum absolute atomic E-state index is 10.8. The van der Waals surface area contributed by atoms with Crippen LogP contribution >= 0.6 is 0 Å². The number of anilines is 4. The van der Waals surface area contributed by atoms with Gasteiger partial charge in [0, 0.05) is 10.8 Å². The van der Waals surface area contributed by atoms with Gasteiger partial charge >= 0.3 is 0 Å². The SMILES string of the molecule is CCOc1ccc(N(Nc2c(N)ccc3ccccc23)c2cccc3cccc(O)c23)cc1. The lowest BCUT2D eigenvalue weighted by Crippen LogP contribution is -2.25. The van der Waals surface area contributed by atoms with Gasteiger partial charge in [-0.15, -0.1) is 0 Å². The first-order valence-electron chi connectivity index (χ1n) is 10.9. The standard InChI is InChI=1S/C28H25N3O2/c1-2-33-22-16-14-21(15-17-22)31(25-11-5-8-20-9-6-12-26(32)27(20)25)30-28-23-10-4-3-7-19(23)13-18-24(28)29/h3-18,30,32H,2,29H2,1H3. The second-order valence-electron chi connectivity index (χ2n) is 7.78. The highest BCUT2D eigenvalue weighted by atomic mass is 16.5. The zero-order chi connectivity index (χ0) is 22.8. The molecule has 0 heterocycles. The van der Waals surface area contributed by atoms with Crippen LogP contribution in [0.5, 0.6) is 11.5 Å². The monoisotopic (exact) mass is 435 g/mol. The van der Waals surface area contributed by atoms with Gasteiger partial charge in [-0.1, -0.05) is 54.6 Å². The Bertz CT molecular complexity index is 1430. The number of phenolic OH excluding ortho intramolecular Hbond substituents is 1. The first-order valence-corrected chi connectivity index (χ1v) is 10.9. The number of nitrogens with one attached hydrogen (secondary N) is 1. The number of rotatable bonds is 6. The van der Waals surface area contributed by atoms with Crippen molar-refractivity contribution in [3.8, 4) is 11.5 Å². The summed E-state index contributed by atoms with van der Waals surface area (Å²) in [6.07, 6.45) is 0. The molecule has 0 bridgehead atoms. The van der Waals surface area contributed by atoms with Gasteiger partial charge < -0.3 is 15.6 Å². The molecule has 0 aliphatic carbocycles. The quantitative estimate of drug-likeness (QED) is 0.201. The third-order valence-corrected chi connectivity index (χ3v) is 5.69. The molecule has 5 aromatic rings. The zero-order valence-corrected chi connectivity index (χ0v) is 18.3. The molecular formula is C28H25N3O2. The van der Waals surface area contributed by atoms with E-state index in [4.69, 9.17) is 10.5 Å². The molecule has 0 unspecified atom stereocenters. The van der Waals surface area contributed by atoms with E-state index >= 15 is 0 Å². The maximum Gasteiger partial charge on any atom is 0.125 e. The summed E-state index contributed by atoms with van der Waals surface area (Å²) in [6.45, 7) is 2.56. The summed E-state index contributed by atoms with van der Waals surface area (Å²) in [5.41, 5.74) is 13.1. The van der Waals surface area contributed by atoms with Crippen molar-refractivity contribution >= 4 is 44.3 Å². The van der Waals surface area contributed by atoms with E-state index in [0.717, 1.165) is 44.4 Å². The van der Waals surface area contributed by atoms with E-state index in [-0.39, 0.29) is 5.75 Å². The Labute approximate surface area is 192 Å². The number of ether oxygens (including phenoxy) is 1. The molecule has 0 amide bonds. The first kappa shape index (κ1) is 20.5. The van der Waals surface area contributed by atoms with Gasteiger partial charge in [-0.2, -0.15) is 0 Å². The minimum Gasteiger partial charge on any atom is -0.507 e. The predicted octanol–water partition coefficient (Wildman–Crippen LogP) is 6.84. The van der Waals surface area contributed by atoms with E-state index in [1.165, 1.54) is 0 Å². The van der Waals surface area contributed by atoms with Gasteiger partial charge in [0.05, 0.1) is 29.4 Å². The van der Waals surface area contributed by atoms with E-state index in [9.17, 15) is 5.11 Å². The number of nitrogens with zero attached hydrogens (tertiary/aromatic N) is 1. The fraction of sp³-hybridized carbons (Fsp3) is 0.0714. The fourth-order valence-electron chi connectivity index (χ4n) is 4.14. The summed E-state index contributed by atoms with van der Waals surface area (Å²) in [7, 11) is 0. The molecule has 164 valence electrons. The minimum absolute atomic E-state index is 0.215. The summed E-state index contributed by atoms with van der Waals surface area (Å²) in [5, 5.41) is 16.5. The molecule has 0 radical (unpaired) electrons. The number of benzene rings is 5. The first-order chi connectivity index (χ1) is 16.2. The van der Waals surface area contributed by atoms with Crippen molar-refractivity contribution in [2.24, 2.45) is 0 Å². The zero-order valence-electron chi connectivity index (χ0n) is 18.3. The topological polar surface area (TPSA) is 70.8 Å². The number of nitrogens with two attached hydrogens (primary N) is 1. The summed E-state index contributed by atoms with van der Waals surface area (Å²) >= 11 is 0. The molecule has 0 saturated heterocycles. The molecule has 33 heavy (non-hydrogen) atoms. The van der Waals surface area contributed by atoms with Gasteiger partial charge in [-0.25, -0.2) is 0 Å². The summed E-state index contributed by atoms with van der Waals surface area (Å²) < 4.78 is 5.63. The molecule has 5 heteroatoms. The van der Waals surface area contributed by atoms with Crippen LogP contribution in [0.25, 0.3) is 21.5 Å². The Kier molecular flexibility index (Phi) is 5.37. The van der Waals surface area contributed by atoms with Crippen molar-refractivity contribution in [1.82, 2.24) is 0 Å². The Morgan fingerprint density at radius 1 is 0.818 bits per heavy atom. The average molecular weight is 436 g/mol. The van der Waals surface area contributed by atoms with Crippen molar-refractivity contribution in [3.63, 3.8) is 0 Å². The lowest BCUT2D eigenvalue weighted by molar-refractivity contribution is 0.340. The third kappa shape index (κ3) is 3.85. The van der Waals surface area contributed by atoms with Gasteiger partial charge in [-0.3, -0.25) is 10.4 Å². The molecule has 0 aromatic heterocycles. The number of phenols is 1. The van der Waals surface area contributed by atoms with Crippen LogP contribution in [0.1, 0.15) is 6.92 Å². The second-order valence-corrected chi connectivity index (χ2v) is 7.78. The van der Waals surface area contributed by atoms with Crippen LogP contribution in [0.2, 0.25) is 0 Å². The van der Waals surface area contributed by atoms with Crippen LogP contribution in [-0.2, 0) is 0 Å². The highest BCUT2D eigenvalue weighted by Gasteiger charge is 2.17. The molecule has 0 aliphatic heterocycles. The van der Waals surface area contributed by atoms with Gasteiger partial charge in [0.2, 0.25) is 0 Å². The Morgan fingerprint density at radius 3 is 2.33 bits per heavy atom. The summed E-state index contributed by atoms with van der Waals surface area (Å²) in [4.78, 5) is 0. The molecular weight excluding hydrogens is 410 g/mol. The molecule has 0 atom stereocenters. The van der Waals surface area contributed by atoms with Gasteiger partial charge in [-0.05, 0) is 60.2 Å². The molecule has 0 spiro atoms. The summed E-state index contributed by atoms with van der Waals surface area (Å²) in [6, 6.07) is 31.4. The van der Waals surface area contributed by atoms with Crippen LogP contribution < -0.4 is 20.9 Å². The normalized spacial score (nSPS) is 10.9. The van der Waals surface area contributed by atoms with Gasteiger partial charge in [0.1, 0.15) is 11.5 Å². The van der Waals surface area contributed by atoms with Crippen LogP contribution in [0.3, 0.4) is 0 Å². The molecule has 5 nitrogen and oxygen atoms in total. The van der Waals surface area contributed by atoms with Crippen molar-refractivity contribution in [2.75, 3.05) is 22.8 Å². The smallest absolute Gasteiger partial charge is 0.125 e. The Morgan fingerprint density at radius 2 is 1.55 bits per heavy atom. The van der Waals surface area contributed by atoms with Crippen LogP contribution in [0, 0.1) is 0 Å². The lowest BCUT2D eigenvalue weighted by atomic mass is 10.1. The Hall–Kier alpha value is -4.38. The highest BCUT2D eigenvalue weighted by Crippen LogP contribution is 2.39. The number of hydrazine groups is 1. The van der Waals surface area contributed by atoms with Crippen LogP contribution in [0.4, 0.5) is 22.7 Å². The molecule has 0 aliphatic rings. The van der Waals surface area contributed by atoms with Crippen molar-refractivity contribution in [3.05, 3.63) is 97.1 Å². The molecule has 0 fully saturated rings. The average Bonchev–Trinajstić information content (AvgIpc) is 2.84. The largest absolute Gasteiger partial charge is 0.507 e. The van der Waals surface area contributed by atoms with E-state index in [1.807, 2.05) is 96.9 Å². The predicted molar refractivity (Wildman–Crippen MR) is 137 cm³/mol. The van der Waals surface area contributed by atoms with Crippen molar-refractivity contribution in [1.29, 1.82) is 0 Å². The number of aromatic hydroxyl groups is 1. The minimum atomic E-state index is 0.215. The maximum atomic E-state index is 10.8. The molecule has 0 saturated carbocycles. The second kappa shape index (κ2) is 8.63. The number of fused-ring (bicyclic) bond motifs is 2. The molecule has 5 rings (SSSR count). The lowest BCUT2D eigenvalue weighted by Gasteiger charge is -2.29. The number of hydrogen-bond donors (Lipinski definition) is 3. The van der Waals surface area contributed by atoms with Crippen LogP contribution in [-0.4, -0.2) is 11.7 Å². The fourth-order valence-corrected chi connectivity index (χ4v) is 4.14. The molecule has 4 N–H and O–H groups in total. The molecule has 5 aromatic carbocycles. The van der Waals surface area contributed by atoms with Gasteiger partial charge in [0.15, 0.2) is 0 Å². The third-order valence-electron chi connectivity index (χ3n) is 5.69. The highest BCUT2D eigenvalue weighted by molar-refractivity contribution is 6.04. The van der Waals surface area contributed by atoms with Gasteiger partial charge in [0.25, 0.3) is 0 Å². The van der Waals surface area contributed by atoms with Crippen LogP contribution in [0.15, 0.2) is 97.1 Å². The number of hydrogen-bond acceptors (Lipinski definition) is 5. The van der Waals surface area contributed by atoms with E-state index in [1.54, 1.807) is 6.07 Å². The Balaban J connectivity index is 1.71. The van der Waals surface area contributed by atoms with E-state index in [0.29, 0.717) is 12.3 Å². The van der Waals surface area contributed by atoms with E-state index in [2.05, 4.69) is 11.5 Å². The van der Waals surface area contributed by atoms with Crippen molar-refractivity contribution in [2.45, 2.75) is 6.92 Å². The number of nitrogen functional groups attached to an aromatic ring is 1. The van der Waals surface area contributed by atoms with E-state index < -0.39 is 0 Å².